The molecule has 1 aromatic heterocycles. The molecule has 4 rings (SSSR count). The SMILES string of the molecule is Cc1[nH]c(SCC(=O)N2CCN(C3CCS(=O)(=O)C3)CC2)nc1Cc1ccccc1. The molecule has 9 heteroatoms. The van der Waals surface area contributed by atoms with Crippen LogP contribution in [-0.2, 0) is 21.1 Å². The molecule has 30 heavy (non-hydrogen) atoms. The third-order valence-corrected chi connectivity index (χ3v) is 8.51. The number of nitrogens with zero attached hydrogens (tertiary/aromatic N) is 3. The van der Waals surface area contributed by atoms with Crippen molar-refractivity contribution in [3.8, 4) is 0 Å². The van der Waals surface area contributed by atoms with E-state index < -0.39 is 9.84 Å². The van der Waals surface area contributed by atoms with E-state index in [1.54, 1.807) is 0 Å². The van der Waals surface area contributed by atoms with Crippen LogP contribution in [0.2, 0.25) is 0 Å². The normalized spacial score (nSPS) is 21.8. The van der Waals surface area contributed by atoms with Crippen LogP contribution in [0.1, 0.15) is 23.4 Å². The van der Waals surface area contributed by atoms with Crippen LogP contribution in [0, 0.1) is 6.92 Å². The van der Waals surface area contributed by atoms with Gasteiger partial charge in [-0.25, -0.2) is 13.4 Å². The van der Waals surface area contributed by atoms with Crippen LogP contribution < -0.4 is 0 Å². The van der Waals surface area contributed by atoms with Crippen LogP contribution >= 0.6 is 11.8 Å². The first-order chi connectivity index (χ1) is 14.4. The second-order valence-electron chi connectivity index (χ2n) is 8.04. The van der Waals surface area contributed by atoms with E-state index in [4.69, 9.17) is 0 Å². The van der Waals surface area contributed by atoms with Crippen molar-refractivity contribution in [2.24, 2.45) is 0 Å². The average molecular weight is 449 g/mol. The van der Waals surface area contributed by atoms with E-state index in [1.165, 1.54) is 17.3 Å². The fraction of sp³-hybridized carbons (Fsp3) is 0.524. The number of benzene rings is 1. The van der Waals surface area contributed by atoms with Crippen LogP contribution in [0.4, 0.5) is 0 Å². The number of aromatic amines is 1. The van der Waals surface area contributed by atoms with Gasteiger partial charge in [0.15, 0.2) is 15.0 Å². The molecule has 1 unspecified atom stereocenters. The first-order valence-electron chi connectivity index (χ1n) is 10.3. The van der Waals surface area contributed by atoms with E-state index in [0.29, 0.717) is 24.6 Å². The van der Waals surface area contributed by atoms with Gasteiger partial charge in [0.2, 0.25) is 5.91 Å². The molecule has 0 saturated carbocycles. The van der Waals surface area contributed by atoms with E-state index >= 15 is 0 Å². The van der Waals surface area contributed by atoms with Crippen molar-refractivity contribution in [3.63, 3.8) is 0 Å². The lowest BCUT2D eigenvalue weighted by Crippen LogP contribution is -2.52. The lowest BCUT2D eigenvalue weighted by molar-refractivity contribution is -0.130. The van der Waals surface area contributed by atoms with Crippen molar-refractivity contribution < 1.29 is 13.2 Å². The van der Waals surface area contributed by atoms with Crippen LogP contribution in [0.25, 0.3) is 0 Å². The fourth-order valence-electron chi connectivity index (χ4n) is 4.12. The molecule has 1 N–H and O–H groups in total. The molecule has 1 aromatic carbocycles. The Bertz CT molecular complexity index is 983. The topological polar surface area (TPSA) is 86.4 Å². The predicted octanol–water partition coefficient (Wildman–Crippen LogP) is 1.73. The van der Waals surface area contributed by atoms with Gasteiger partial charge < -0.3 is 9.88 Å². The highest BCUT2D eigenvalue weighted by Crippen LogP contribution is 2.21. The molecule has 2 aliphatic rings. The number of aromatic nitrogens is 2. The van der Waals surface area contributed by atoms with Gasteiger partial charge in [0.25, 0.3) is 0 Å². The predicted molar refractivity (Wildman–Crippen MR) is 119 cm³/mol. The van der Waals surface area contributed by atoms with E-state index in [0.717, 1.165) is 42.5 Å². The standard InChI is InChI=1S/C21H28N4O3S2/c1-16-19(13-17-5-3-2-4-6-17)23-21(22-16)29-14-20(26)25-10-8-24(9-11-25)18-7-12-30(27,28)15-18/h2-6,18H,7-15H2,1H3,(H,22,23). The number of piperazine rings is 1. The second kappa shape index (κ2) is 9.11. The minimum Gasteiger partial charge on any atom is -0.339 e. The van der Waals surface area contributed by atoms with Crippen LogP contribution in [0.3, 0.4) is 0 Å². The number of hydrogen-bond donors (Lipinski definition) is 1. The number of amides is 1. The number of hydrogen-bond acceptors (Lipinski definition) is 6. The lowest BCUT2D eigenvalue weighted by atomic mass is 10.1. The van der Waals surface area contributed by atoms with Crippen LogP contribution in [0.15, 0.2) is 35.5 Å². The van der Waals surface area contributed by atoms with Crippen molar-refractivity contribution in [3.05, 3.63) is 47.3 Å². The molecule has 2 saturated heterocycles. The molecule has 0 bridgehead atoms. The number of thioether (sulfide) groups is 1. The quantitative estimate of drug-likeness (QED) is 0.678. The van der Waals surface area contributed by atoms with Gasteiger partial charge in [0.1, 0.15) is 0 Å². The molecule has 2 aromatic rings. The number of H-pyrrole nitrogens is 1. The Kier molecular flexibility index (Phi) is 6.50. The number of aryl methyl sites for hydroxylation is 1. The summed E-state index contributed by atoms with van der Waals surface area (Å²) < 4.78 is 23.4. The zero-order valence-electron chi connectivity index (χ0n) is 17.2. The highest BCUT2D eigenvalue weighted by atomic mass is 32.2. The summed E-state index contributed by atoms with van der Waals surface area (Å²) in [5.41, 5.74) is 3.26. The highest BCUT2D eigenvalue weighted by Gasteiger charge is 2.34. The van der Waals surface area contributed by atoms with Crippen molar-refractivity contribution >= 4 is 27.5 Å². The van der Waals surface area contributed by atoms with Crippen molar-refractivity contribution in [1.29, 1.82) is 0 Å². The maximum atomic E-state index is 12.6. The minimum atomic E-state index is -2.87. The Morgan fingerprint density at radius 3 is 2.60 bits per heavy atom. The zero-order chi connectivity index (χ0) is 21.1. The first-order valence-corrected chi connectivity index (χ1v) is 13.1. The molecule has 1 atom stereocenters. The van der Waals surface area contributed by atoms with E-state index in [1.807, 2.05) is 30.0 Å². The van der Waals surface area contributed by atoms with E-state index in [2.05, 4.69) is 27.0 Å². The summed E-state index contributed by atoms with van der Waals surface area (Å²) >= 11 is 1.44. The number of sulfone groups is 1. The summed E-state index contributed by atoms with van der Waals surface area (Å²) in [6.45, 7) is 4.83. The van der Waals surface area contributed by atoms with E-state index in [9.17, 15) is 13.2 Å². The van der Waals surface area contributed by atoms with Crippen LogP contribution in [0.5, 0.6) is 0 Å². The molecule has 162 valence electrons. The third-order valence-electron chi connectivity index (χ3n) is 5.90. The monoisotopic (exact) mass is 448 g/mol. The Morgan fingerprint density at radius 2 is 1.93 bits per heavy atom. The molecule has 0 radical (unpaired) electrons. The summed E-state index contributed by atoms with van der Waals surface area (Å²) in [7, 11) is -2.87. The van der Waals surface area contributed by atoms with Crippen molar-refractivity contribution in [2.45, 2.75) is 31.0 Å². The van der Waals surface area contributed by atoms with Gasteiger partial charge in [0, 0.05) is 44.3 Å². The van der Waals surface area contributed by atoms with Gasteiger partial charge in [-0.1, -0.05) is 42.1 Å². The molecule has 7 nitrogen and oxygen atoms in total. The number of imidazole rings is 1. The fourth-order valence-corrected chi connectivity index (χ4v) is 6.72. The molecule has 0 aliphatic carbocycles. The molecule has 3 heterocycles. The van der Waals surface area contributed by atoms with Crippen LogP contribution in [-0.4, -0.2) is 83.6 Å². The molecule has 0 spiro atoms. The zero-order valence-corrected chi connectivity index (χ0v) is 18.8. The van der Waals surface area contributed by atoms with Gasteiger partial charge in [-0.05, 0) is 18.9 Å². The second-order valence-corrected chi connectivity index (χ2v) is 11.2. The summed E-state index contributed by atoms with van der Waals surface area (Å²) in [6, 6.07) is 10.4. The molecule has 2 aliphatic heterocycles. The summed E-state index contributed by atoms with van der Waals surface area (Å²) in [5.74, 6) is 1.02. The van der Waals surface area contributed by atoms with Crippen molar-refractivity contribution in [2.75, 3.05) is 43.4 Å². The Morgan fingerprint density at radius 1 is 1.20 bits per heavy atom. The molecular formula is C21H28N4O3S2. The number of rotatable bonds is 6. The van der Waals surface area contributed by atoms with Gasteiger partial charge in [-0.2, -0.15) is 0 Å². The van der Waals surface area contributed by atoms with Gasteiger partial charge >= 0.3 is 0 Å². The Balaban J connectivity index is 1.25. The smallest absolute Gasteiger partial charge is 0.233 e. The Hall–Kier alpha value is -1.84. The van der Waals surface area contributed by atoms with Gasteiger partial charge in [-0.15, -0.1) is 0 Å². The number of nitrogens with one attached hydrogen (secondary N) is 1. The Labute approximate surface area is 182 Å². The summed E-state index contributed by atoms with van der Waals surface area (Å²) in [5, 5.41) is 0.779. The molecule has 1 amide bonds. The average Bonchev–Trinajstić information content (AvgIpc) is 3.28. The third kappa shape index (κ3) is 5.25. The maximum absolute atomic E-state index is 12.6. The number of carbonyl (C=O) groups is 1. The molecular weight excluding hydrogens is 420 g/mol. The summed E-state index contributed by atoms with van der Waals surface area (Å²) in [4.78, 5) is 24.7. The first kappa shape index (κ1) is 21.4. The highest BCUT2D eigenvalue weighted by molar-refractivity contribution is 7.99. The maximum Gasteiger partial charge on any atom is 0.233 e. The van der Waals surface area contributed by atoms with Gasteiger partial charge in [0.05, 0.1) is 23.0 Å². The van der Waals surface area contributed by atoms with E-state index in [-0.39, 0.29) is 17.7 Å². The largest absolute Gasteiger partial charge is 0.339 e. The van der Waals surface area contributed by atoms with Gasteiger partial charge in [-0.3, -0.25) is 9.69 Å². The number of carbonyl (C=O) groups excluding carboxylic acids is 1. The molecule has 2 fully saturated rings. The van der Waals surface area contributed by atoms with Crippen molar-refractivity contribution in [1.82, 2.24) is 19.8 Å². The summed E-state index contributed by atoms with van der Waals surface area (Å²) in [6.07, 6.45) is 1.49. The lowest BCUT2D eigenvalue weighted by Gasteiger charge is -2.37. The minimum absolute atomic E-state index is 0.109.